The number of ketones is 1. The normalized spacial score (nSPS) is 21.4. The molecule has 0 aromatic carbocycles. The summed E-state index contributed by atoms with van der Waals surface area (Å²) in [4.78, 5) is 10.6. The third-order valence-electron chi connectivity index (χ3n) is 2.32. The van der Waals surface area contributed by atoms with E-state index in [4.69, 9.17) is 4.74 Å². The van der Waals surface area contributed by atoms with E-state index in [1.165, 1.54) is 30.1 Å². The zero-order valence-corrected chi connectivity index (χ0v) is 9.63. The van der Waals surface area contributed by atoms with Crippen molar-refractivity contribution in [3.8, 4) is 0 Å². The van der Waals surface area contributed by atoms with E-state index < -0.39 is 0 Å². The molecule has 0 saturated heterocycles. The number of hydrogen-bond donors (Lipinski definition) is 1. The predicted molar refractivity (Wildman–Crippen MR) is 59.0 cm³/mol. The van der Waals surface area contributed by atoms with Crippen LogP contribution in [0.2, 0.25) is 0 Å². The van der Waals surface area contributed by atoms with Gasteiger partial charge in [0.05, 0.1) is 0 Å². The Hall–Kier alpha value is 0.330. The van der Waals surface area contributed by atoms with Gasteiger partial charge in [0, 0.05) is 0 Å². The second kappa shape index (κ2) is 5.27. The average molecular weight is 220 g/mol. The fraction of sp³-hybridized carbons (Fsp3) is 0.889. The van der Waals surface area contributed by atoms with Crippen molar-refractivity contribution in [1.29, 1.82) is 0 Å². The molecule has 0 radical (unpaired) electrons. The standard InChI is InChI=1S/C9H16O2S2/c1-8(10)7-11-9(13-12)5-3-2-4-6-9/h12H,2-7H2,1H3. The van der Waals surface area contributed by atoms with Crippen LogP contribution in [0.1, 0.15) is 39.0 Å². The Labute approximate surface area is 88.6 Å². The van der Waals surface area contributed by atoms with Crippen LogP contribution in [0.15, 0.2) is 0 Å². The third kappa shape index (κ3) is 3.52. The van der Waals surface area contributed by atoms with Gasteiger partial charge in [-0.25, -0.2) is 0 Å². The summed E-state index contributed by atoms with van der Waals surface area (Å²) >= 11 is 4.23. The molecule has 0 aromatic rings. The molecule has 1 aliphatic rings. The first kappa shape index (κ1) is 11.4. The maximum Gasteiger partial charge on any atom is 0.155 e. The molecule has 0 N–H and O–H groups in total. The highest BCUT2D eigenvalue weighted by Gasteiger charge is 2.32. The highest BCUT2D eigenvalue weighted by atomic mass is 33.1. The van der Waals surface area contributed by atoms with Crippen molar-refractivity contribution in [2.45, 2.75) is 44.0 Å². The van der Waals surface area contributed by atoms with Gasteiger partial charge >= 0.3 is 0 Å². The molecule has 1 fully saturated rings. The van der Waals surface area contributed by atoms with Crippen LogP contribution in [0, 0.1) is 0 Å². The molecule has 0 aromatic heterocycles. The maximum atomic E-state index is 10.8. The van der Waals surface area contributed by atoms with Gasteiger partial charge in [-0.05, 0) is 32.6 Å². The number of Topliss-reactive ketones (excluding diaryl/α,β-unsaturated/α-hetero) is 1. The Bertz CT molecular complexity index is 176. The minimum Gasteiger partial charge on any atom is -0.356 e. The van der Waals surface area contributed by atoms with Gasteiger partial charge in [-0.2, -0.15) is 0 Å². The molecule has 0 aliphatic heterocycles. The summed E-state index contributed by atoms with van der Waals surface area (Å²) in [5.41, 5.74) is 0. The van der Waals surface area contributed by atoms with Crippen LogP contribution in [0.4, 0.5) is 0 Å². The van der Waals surface area contributed by atoms with Crippen LogP contribution in [0.25, 0.3) is 0 Å². The molecule has 0 unspecified atom stereocenters. The lowest BCUT2D eigenvalue weighted by Crippen LogP contribution is -2.32. The van der Waals surface area contributed by atoms with Gasteiger partial charge in [-0.3, -0.25) is 4.79 Å². The van der Waals surface area contributed by atoms with Gasteiger partial charge in [0.15, 0.2) is 5.78 Å². The SMILES string of the molecule is CC(=O)COC1(SS)CCCCC1. The van der Waals surface area contributed by atoms with Gasteiger partial charge in [0.2, 0.25) is 0 Å². The molecule has 0 bridgehead atoms. The average Bonchev–Trinajstić information content (AvgIpc) is 2.16. The first-order valence-electron chi connectivity index (χ1n) is 4.64. The van der Waals surface area contributed by atoms with Crippen molar-refractivity contribution in [2.24, 2.45) is 0 Å². The third-order valence-corrected chi connectivity index (χ3v) is 4.18. The second-order valence-corrected chi connectivity index (χ2v) is 5.03. The molecule has 0 atom stereocenters. The maximum absolute atomic E-state index is 10.8. The molecule has 1 saturated carbocycles. The van der Waals surface area contributed by atoms with Crippen LogP contribution >= 0.6 is 22.5 Å². The zero-order chi connectivity index (χ0) is 9.73. The first-order chi connectivity index (χ1) is 6.18. The van der Waals surface area contributed by atoms with Crippen molar-refractivity contribution >= 4 is 28.2 Å². The number of ether oxygens (including phenoxy) is 1. The van der Waals surface area contributed by atoms with Crippen LogP contribution in [-0.4, -0.2) is 17.3 Å². The monoisotopic (exact) mass is 220 g/mol. The molecule has 0 spiro atoms. The first-order valence-corrected chi connectivity index (χ1v) is 6.51. The topological polar surface area (TPSA) is 26.3 Å². The molecule has 1 rings (SSSR count). The quantitative estimate of drug-likeness (QED) is 0.448. The van der Waals surface area contributed by atoms with E-state index in [1.54, 1.807) is 6.92 Å². The van der Waals surface area contributed by atoms with Crippen LogP contribution in [0.3, 0.4) is 0 Å². The van der Waals surface area contributed by atoms with E-state index >= 15 is 0 Å². The largest absolute Gasteiger partial charge is 0.356 e. The van der Waals surface area contributed by atoms with Gasteiger partial charge in [0.1, 0.15) is 11.5 Å². The summed E-state index contributed by atoms with van der Waals surface area (Å²) < 4.78 is 5.62. The van der Waals surface area contributed by atoms with E-state index in [0.717, 1.165) is 12.8 Å². The van der Waals surface area contributed by atoms with Crippen molar-refractivity contribution in [2.75, 3.05) is 6.61 Å². The number of thiol groups is 1. The minimum atomic E-state index is -0.187. The summed E-state index contributed by atoms with van der Waals surface area (Å²) in [6, 6.07) is 0. The van der Waals surface area contributed by atoms with Crippen LogP contribution in [-0.2, 0) is 9.53 Å². The Morgan fingerprint density at radius 3 is 2.54 bits per heavy atom. The number of carbonyl (C=O) groups is 1. The molecular formula is C9H16O2S2. The van der Waals surface area contributed by atoms with Gasteiger partial charge < -0.3 is 4.74 Å². The van der Waals surface area contributed by atoms with E-state index in [9.17, 15) is 4.79 Å². The molecule has 0 heterocycles. The van der Waals surface area contributed by atoms with Crippen molar-refractivity contribution in [3.63, 3.8) is 0 Å². The van der Waals surface area contributed by atoms with Crippen molar-refractivity contribution in [3.05, 3.63) is 0 Å². The fourth-order valence-corrected chi connectivity index (χ4v) is 2.87. The Balaban J connectivity index is 2.42. The van der Waals surface area contributed by atoms with E-state index in [-0.39, 0.29) is 17.3 Å². The number of carbonyl (C=O) groups excluding carboxylic acids is 1. The van der Waals surface area contributed by atoms with Gasteiger partial charge in [-0.15, -0.1) is 11.7 Å². The molecule has 76 valence electrons. The van der Waals surface area contributed by atoms with Crippen molar-refractivity contribution in [1.82, 2.24) is 0 Å². The van der Waals surface area contributed by atoms with Crippen molar-refractivity contribution < 1.29 is 9.53 Å². The Kier molecular flexibility index (Phi) is 4.62. The summed E-state index contributed by atoms with van der Waals surface area (Å²) in [6.07, 6.45) is 5.69. The zero-order valence-electron chi connectivity index (χ0n) is 7.91. The lowest BCUT2D eigenvalue weighted by atomic mass is 9.97. The molecular weight excluding hydrogens is 204 g/mol. The molecule has 0 amide bonds. The summed E-state index contributed by atoms with van der Waals surface area (Å²) in [6.45, 7) is 1.78. The van der Waals surface area contributed by atoms with E-state index in [1.807, 2.05) is 0 Å². The molecule has 4 heteroatoms. The molecule has 2 nitrogen and oxygen atoms in total. The highest BCUT2D eigenvalue weighted by Crippen LogP contribution is 2.42. The predicted octanol–water partition coefficient (Wildman–Crippen LogP) is 2.83. The van der Waals surface area contributed by atoms with Gasteiger partial charge in [0.25, 0.3) is 0 Å². The smallest absolute Gasteiger partial charge is 0.155 e. The highest BCUT2D eigenvalue weighted by molar-refractivity contribution is 8.69. The second-order valence-electron chi connectivity index (χ2n) is 3.55. The van der Waals surface area contributed by atoms with E-state index in [0.29, 0.717) is 0 Å². The number of rotatable bonds is 4. The lowest BCUT2D eigenvalue weighted by Gasteiger charge is -2.34. The summed E-state index contributed by atoms with van der Waals surface area (Å²) in [5, 5.41) is 0. The van der Waals surface area contributed by atoms with Crippen LogP contribution < -0.4 is 0 Å². The fourth-order valence-electron chi connectivity index (χ4n) is 1.59. The Morgan fingerprint density at radius 1 is 1.46 bits per heavy atom. The molecule has 1 aliphatic carbocycles. The lowest BCUT2D eigenvalue weighted by molar-refractivity contribution is -0.125. The molecule has 13 heavy (non-hydrogen) atoms. The summed E-state index contributed by atoms with van der Waals surface area (Å²) in [7, 11) is 1.46. The minimum absolute atomic E-state index is 0.0901. The van der Waals surface area contributed by atoms with Crippen LogP contribution in [0.5, 0.6) is 0 Å². The Morgan fingerprint density at radius 2 is 2.08 bits per heavy atom. The van der Waals surface area contributed by atoms with E-state index in [2.05, 4.69) is 11.7 Å². The van der Waals surface area contributed by atoms with Gasteiger partial charge in [-0.1, -0.05) is 17.2 Å². The summed E-state index contributed by atoms with van der Waals surface area (Å²) in [5.74, 6) is 0.0901. The number of hydrogen-bond acceptors (Lipinski definition) is 4.